The van der Waals surface area contributed by atoms with Gasteiger partial charge in [-0.05, 0) is 43.4 Å². The molecule has 0 fully saturated rings. The second-order valence-electron chi connectivity index (χ2n) is 6.02. The van der Waals surface area contributed by atoms with Crippen LogP contribution < -0.4 is 9.44 Å². The van der Waals surface area contributed by atoms with Gasteiger partial charge in [-0.25, -0.2) is 30.0 Å². The summed E-state index contributed by atoms with van der Waals surface area (Å²) in [7, 11) is -10.8. The number of sulfonamides is 3. The first-order valence-corrected chi connectivity index (χ1v) is 13.5. The van der Waals surface area contributed by atoms with E-state index in [0.717, 1.165) is 12.1 Å². The fraction of sp³-hybridized carbons (Fsp3) is 0.294. The summed E-state index contributed by atoms with van der Waals surface area (Å²) in [6.45, 7) is 3.79. The fourth-order valence-electron chi connectivity index (χ4n) is 2.61. The second-order valence-corrected chi connectivity index (χ2v) is 11.9. The van der Waals surface area contributed by atoms with Crippen molar-refractivity contribution in [2.75, 3.05) is 24.9 Å². The van der Waals surface area contributed by atoms with Crippen LogP contribution in [0, 0.1) is 0 Å². The highest BCUT2D eigenvalue weighted by Gasteiger charge is 2.26. The molecule has 2 N–H and O–H groups in total. The van der Waals surface area contributed by atoms with Crippen molar-refractivity contribution in [2.24, 2.45) is 0 Å². The average Bonchev–Trinajstić information content (AvgIpc) is 2.70. The van der Waals surface area contributed by atoms with E-state index in [9.17, 15) is 25.3 Å². The number of anilines is 1. The van der Waals surface area contributed by atoms with Gasteiger partial charge in [0.25, 0.3) is 10.0 Å². The number of nitrogens with one attached hydrogen (secondary N) is 2. The average molecular weight is 496 g/mol. The number of rotatable bonds is 9. The van der Waals surface area contributed by atoms with Gasteiger partial charge in [0.15, 0.2) is 0 Å². The molecule has 30 heavy (non-hydrogen) atoms. The first-order valence-electron chi connectivity index (χ1n) is 8.75. The van der Waals surface area contributed by atoms with Crippen molar-refractivity contribution in [3.8, 4) is 0 Å². The highest BCUT2D eigenvalue weighted by molar-refractivity contribution is 7.93. The first-order chi connectivity index (χ1) is 13.9. The van der Waals surface area contributed by atoms with Gasteiger partial charge in [-0.2, -0.15) is 4.31 Å². The molecule has 0 aromatic heterocycles. The lowest BCUT2D eigenvalue weighted by molar-refractivity contribution is 0.445. The first kappa shape index (κ1) is 24.6. The van der Waals surface area contributed by atoms with Crippen molar-refractivity contribution in [3.05, 3.63) is 47.5 Å². The SMILES string of the molecule is CCN(CC)S(=O)(=O)c1cc(NS(=O)(=O)c2cccc(S(=O)(=O)NC)c2)ccc1Cl. The number of halogens is 1. The lowest BCUT2D eigenvalue weighted by atomic mass is 10.3. The highest BCUT2D eigenvalue weighted by Crippen LogP contribution is 2.29. The maximum absolute atomic E-state index is 12.8. The van der Waals surface area contributed by atoms with Crippen LogP contribution in [-0.2, 0) is 30.1 Å². The zero-order chi connectivity index (χ0) is 22.7. The Labute approximate surface area is 182 Å². The molecule has 0 aliphatic carbocycles. The monoisotopic (exact) mass is 495 g/mol. The summed E-state index contributed by atoms with van der Waals surface area (Å²) < 4.78 is 80.5. The molecule has 13 heteroatoms. The van der Waals surface area contributed by atoms with Crippen LogP contribution >= 0.6 is 11.6 Å². The summed E-state index contributed by atoms with van der Waals surface area (Å²) in [6, 6.07) is 8.48. The molecule has 0 bridgehead atoms. The van der Waals surface area contributed by atoms with Gasteiger partial charge in [0.05, 0.1) is 20.5 Å². The largest absolute Gasteiger partial charge is 0.280 e. The van der Waals surface area contributed by atoms with Gasteiger partial charge in [0, 0.05) is 13.1 Å². The molecule has 0 spiro atoms. The Morgan fingerprint density at radius 1 is 0.867 bits per heavy atom. The highest BCUT2D eigenvalue weighted by atomic mass is 35.5. The summed E-state index contributed by atoms with van der Waals surface area (Å²) in [4.78, 5) is -0.768. The van der Waals surface area contributed by atoms with Crippen LogP contribution in [0.1, 0.15) is 13.8 Å². The van der Waals surface area contributed by atoms with E-state index >= 15 is 0 Å². The van der Waals surface area contributed by atoms with Crippen molar-refractivity contribution in [1.82, 2.24) is 9.03 Å². The third-order valence-corrected chi connectivity index (χ3v) is 9.52. The fourth-order valence-corrected chi connectivity index (χ4v) is 6.51. The Hall–Kier alpha value is -1.70. The van der Waals surface area contributed by atoms with E-state index in [1.165, 1.54) is 41.7 Å². The number of hydrogen-bond acceptors (Lipinski definition) is 6. The molecule has 166 valence electrons. The van der Waals surface area contributed by atoms with Crippen LogP contribution in [0.4, 0.5) is 5.69 Å². The maximum Gasteiger partial charge on any atom is 0.261 e. The van der Waals surface area contributed by atoms with E-state index in [4.69, 9.17) is 11.6 Å². The molecule has 0 aliphatic rings. The zero-order valence-electron chi connectivity index (χ0n) is 16.5. The number of nitrogens with zero attached hydrogens (tertiary/aromatic N) is 1. The van der Waals surface area contributed by atoms with Crippen molar-refractivity contribution in [1.29, 1.82) is 0 Å². The Kier molecular flexibility index (Phi) is 7.54. The molecule has 0 saturated carbocycles. The quantitative estimate of drug-likeness (QED) is 0.547. The van der Waals surface area contributed by atoms with E-state index in [1.54, 1.807) is 13.8 Å². The van der Waals surface area contributed by atoms with Gasteiger partial charge < -0.3 is 0 Å². The normalized spacial score (nSPS) is 12.8. The summed E-state index contributed by atoms with van der Waals surface area (Å²) in [5.74, 6) is 0. The van der Waals surface area contributed by atoms with Gasteiger partial charge in [-0.15, -0.1) is 0 Å². The third kappa shape index (κ3) is 5.13. The number of benzene rings is 2. The van der Waals surface area contributed by atoms with Crippen molar-refractivity contribution >= 4 is 47.4 Å². The van der Waals surface area contributed by atoms with E-state index in [-0.39, 0.29) is 38.5 Å². The molecule has 0 unspecified atom stereocenters. The summed E-state index contributed by atoms with van der Waals surface area (Å²) in [6.07, 6.45) is 0. The predicted molar refractivity (Wildman–Crippen MR) is 115 cm³/mol. The molecule has 0 aliphatic heterocycles. The maximum atomic E-state index is 12.8. The van der Waals surface area contributed by atoms with E-state index in [1.807, 2.05) is 0 Å². The van der Waals surface area contributed by atoms with Crippen molar-refractivity contribution in [3.63, 3.8) is 0 Å². The minimum atomic E-state index is -4.20. The summed E-state index contributed by atoms with van der Waals surface area (Å²) in [5, 5.41) is -0.0491. The lowest BCUT2D eigenvalue weighted by Gasteiger charge is -2.20. The molecular formula is C17H22ClN3O6S3. The Morgan fingerprint density at radius 2 is 1.43 bits per heavy atom. The van der Waals surface area contributed by atoms with Crippen LogP contribution in [0.3, 0.4) is 0 Å². The van der Waals surface area contributed by atoms with Crippen LogP contribution in [0.5, 0.6) is 0 Å². The minimum Gasteiger partial charge on any atom is -0.280 e. The summed E-state index contributed by atoms with van der Waals surface area (Å²) >= 11 is 6.06. The second kappa shape index (κ2) is 9.20. The Morgan fingerprint density at radius 3 is 1.97 bits per heavy atom. The molecule has 0 radical (unpaired) electrons. The molecule has 0 atom stereocenters. The van der Waals surface area contributed by atoms with E-state index in [2.05, 4.69) is 9.44 Å². The Balaban J connectivity index is 2.48. The van der Waals surface area contributed by atoms with Gasteiger partial charge in [0.1, 0.15) is 4.90 Å². The molecular weight excluding hydrogens is 474 g/mol. The van der Waals surface area contributed by atoms with Crippen LogP contribution in [0.15, 0.2) is 57.2 Å². The molecule has 0 saturated heterocycles. The molecule has 0 amide bonds. The molecule has 2 aromatic rings. The van der Waals surface area contributed by atoms with Crippen LogP contribution in [0.25, 0.3) is 0 Å². The zero-order valence-corrected chi connectivity index (χ0v) is 19.7. The third-order valence-electron chi connectivity index (χ3n) is 4.20. The van der Waals surface area contributed by atoms with E-state index in [0.29, 0.717) is 0 Å². The minimum absolute atomic E-state index is 0.0352. The smallest absolute Gasteiger partial charge is 0.261 e. The topological polar surface area (TPSA) is 130 Å². The van der Waals surface area contributed by atoms with Crippen LogP contribution in [-0.4, -0.2) is 49.7 Å². The van der Waals surface area contributed by atoms with Crippen molar-refractivity contribution in [2.45, 2.75) is 28.5 Å². The number of hydrogen-bond donors (Lipinski definition) is 2. The van der Waals surface area contributed by atoms with Gasteiger partial charge >= 0.3 is 0 Å². The van der Waals surface area contributed by atoms with E-state index < -0.39 is 30.1 Å². The molecule has 2 aromatic carbocycles. The summed E-state index contributed by atoms with van der Waals surface area (Å²) in [5.41, 5.74) is -0.0352. The molecule has 9 nitrogen and oxygen atoms in total. The standard InChI is InChI=1S/C17H22ClN3O6S3/c1-4-21(5-2)30(26,27)17-11-13(9-10-16(17)18)20-29(24,25)15-8-6-7-14(12-15)28(22,23)19-3/h6-12,19-20H,4-5H2,1-3H3. The molecule has 2 rings (SSSR count). The molecule has 0 heterocycles. The van der Waals surface area contributed by atoms with Crippen LogP contribution in [0.2, 0.25) is 5.02 Å². The van der Waals surface area contributed by atoms with Crippen molar-refractivity contribution < 1.29 is 25.3 Å². The van der Waals surface area contributed by atoms with Gasteiger partial charge in [-0.1, -0.05) is 31.5 Å². The lowest BCUT2D eigenvalue weighted by Crippen LogP contribution is -2.30. The predicted octanol–water partition coefficient (Wildman–Crippen LogP) is 2.08. The van der Waals surface area contributed by atoms with Gasteiger partial charge in [0.2, 0.25) is 20.0 Å². The van der Waals surface area contributed by atoms with Gasteiger partial charge in [-0.3, -0.25) is 4.72 Å². The Bertz CT molecular complexity index is 1240.